The van der Waals surface area contributed by atoms with Crippen molar-refractivity contribution in [3.8, 4) is 0 Å². The molecule has 3 nitrogen and oxygen atoms in total. The Hall–Kier alpha value is 0.0300. The van der Waals surface area contributed by atoms with Gasteiger partial charge in [0.2, 0.25) is 0 Å². The van der Waals surface area contributed by atoms with Gasteiger partial charge in [-0.05, 0) is 15.9 Å². The predicted molar refractivity (Wildman–Crippen MR) is 43.8 cm³/mol. The molecule has 10 heavy (non-hydrogen) atoms. The zero-order valence-electron chi connectivity index (χ0n) is 5.12. The van der Waals surface area contributed by atoms with Crippen molar-refractivity contribution >= 4 is 27.3 Å². The highest BCUT2D eigenvalue weighted by Crippen LogP contribution is 2.19. The molecule has 1 heterocycles. The van der Waals surface area contributed by atoms with Crippen molar-refractivity contribution in [2.45, 2.75) is 6.04 Å². The predicted octanol–water partition coefficient (Wildman–Crippen LogP) is 0.898. The molecular weight excluding hydrogens is 216 g/mol. The second-order valence-electron chi connectivity index (χ2n) is 1.81. The molecule has 0 amide bonds. The fourth-order valence-corrected chi connectivity index (χ4v) is 1.62. The molecule has 0 saturated carbocycles. The van der Waals surface area contributed by atoms with Gasteiger partial charge in [-0.2, -0.15) is 0 Å². The van der Waals surface area contributed by atoms with Gasteiger partial charge in [-0.1, -0.05) is 0 Å². The summed E-state index contributed by atoms with van der Waals surface area (Å²) in [6.45, 7) is -0.0594. The molecule has 1 aromatic heterocycles. The minimum Gasteiger partial charge on any atom is -0.394 e. The fraction of sp³-hybridized carbons (Fsp3) is 0.400. The van der Waals surface area contributed by atoms with Crippen molar-refractivity contribution in [3.63, 3.8) is 0 Å². The Labute approximate surface area is 71.0 Å². The quantitative estimate of drug-likeness (QED) is 0.782. The maximum absolute atomic E-state index is 8.62. The van der Waals surface area contributed by atoms with Crippen LogP contribution in [0.1, 0.15) is 11.7 Å². The van der Waals surface area contributed by atoms with E-state index in [1.165, 1.54) is 11.3 Å². The molecule has 0 radical (unpaired) electrons. The first-order valence-electron chi connectivity index (χ1n) is 2.71. The number of nitrogens with two attached hydrogens (primary N) is 1. The second-order valence-corrected chi connectivity index (χ2v) is 3.95. The number of hydrogen-bond acceptors (Lipinski definition) is 4. The van der Waals surface area contributed by atoms with E-state index in [-0.39, 0.29) is 12.6 Å². The van der Waals surface area contributed by atoms with E-state index < -0.39 is 0 Å². The van der Waals surface area contributed by atoms with Crippen LogP contribution in [0.3, 0.4) is 0 Å². The molecule has 1 unspecified atom stereocenters. The van der Waals surface area contributed by atoms with Crippen molar-refractivity contribution in [1.29, 1.82) is 0 Å². The summed E-state index contributed by atoms with van der Waals surface area (Å²) >= 11 is 4.66. The zero-order valence-corrected chi connectivity index (χ0v) is 7.52. The molecule has 0 aromatic carbocycles. The number of hydrogen-bond donors (Lipinski definition) is 2. The molecule has 0 aliphatic carbocycles. The van der Waals surface area contributed by atoms with Crippen LogP contribution in [-0.4, -0.2) is 16.7 Å². The summed E-state index contributed by atoms with van der Waals surface area (Å²) in [6.07, 6.45) is 0. The first-order chi connectivity index (χ1) is 4.74. The van der Waals surface area contributed by atoms with Crippen LogP contribution in [0.4, 0.5) is 0 Å². The van der Waals surface area contributed by atoms with Gasteiger partial charge in [0.25, 0.3) is 0 Å². The number of nitrogens with zero attached hydrogens (tertiary/aromatic N) is 1. The minimum absolute atomic E-state index is 0.0594. The number of aliphatic hydroxyl groups excluding tert-OH is 1. The molecule has 56 valence electrons. The van der Waals surface area contributed by atoms with Crippen LogP contribution in [0.2, 0.25) is 0 Å². The molecule has 0 fully saturated rings. The summed E-state index contributed by atoms with van der Waals surface area (Å²) in [5.41, 5.74) is 6.22. The van der Waals surface area contributed by atoms with Gasteiger partial charge >= 0.3 is 0 Å². The van der Waals surface area contributed by atoms with E-state index in [1.54, 1.807) is 0 Å². The molecule has 3 N–H and O–H groups in total. The van der Waals surface area contributed by atoms with Gasteiger partial charge in [0, 0.05) is 5.38 Å². The molecule has 1 aromatic rings. The van der Waals surface area contributed by atoms with Gasteiger partial charge in [0.1, 0.15) is 0 Å². The van der Waals surface area contributed by atoms with Gasteiger partial charge in [-0.3, -0.25) is 0 Å². The number of rotatable bonds is 2. The number of halogens is 1. The van der Waals surface area contributed by atoms with E-state index in [4.69, 9.17) is 10.8 Å². The smallest absolute Gasteiger partial charge is 0.159 e. The SMILES string of the molecule is NC(CO)c1csc(Br)n1. The summed E-state index contributed by atoms with van der Waals surface area (Å²) in [7, 11) is 0. The standard InChI is InChI=1S/C5H7BrN2OS/c6-5-8-4(2-10-5)3(7)1-9/h2-3,9H,1,7H2. The van der Waals surface area contributed by atoms with E-state index in [9.17, 15) is 0 Å². The zero-order chi connectivity index (χ0) is 7.56. The van der Waals surface area contributed by atoms with Gasteiger partial charge in [0.15, 0.2) is 3.92 Å². The number of aromatic nitrogens is 1. The van der Waals surface area contributed by atoms with E-state index in [1.807, 2.05) is 5.38 Å². The van der Waals surface area contributed by atoms with E-state index in [0.29, 0.717) is 0 Å². The van der Waals surface area contributed by atoms with Crippen LogP contribution < -0.4 is 5.73 Å². The van der Waals surface area contributed by atoms with Gasteiger partial charge in [0.05, 0.1) is 18.3 Å². The van der Waals surface area contributed by atoms with Crippen molar-refractivity contribution in [2.24, 2.45) is 5.73 Å². The Kier molecular flexibility index (Phi) is 2.79. The Balaban J connectivity index is 2.74. The Morgan fingerprint density at radius 1 is 1.90 bits per heavy atom. The topological polar surface area (TPSA) is 59.1 Å². The van der Waals surface area contributed by atoms with Gasteiger partial charge in [-0.15, -0.1) is 11.3 Å². The maximum atomic E-state index is 8.62. The lowest BCUT2D eigenvalue weighted by Crippen LogP contribution is -2.14. The van der Waals surface area contributed by atoms with Crippen LogP contribution >= 0.6 is 27.3 Å². The molecule has 1 rings (SSSR count). The number of thiazole rings is 1. The van der Waals surface area contributed by atoms with Crippen molar-refractivity contribution in [3.05, 3.63) is 15.0 Å². The molecule has 5 heteroatoms. The lowest BCUT2D eigenvalue weighted by molar-refractivity contribution is 0.266. The highest BCUT2D eigenvalue weighted by atomic mass is 79.9. The van der Waals surface area contributed by atoms with E-state index in [2.05, 4.69) is 20.9 Å². The van der Waals surface area contributed by atoms with Gasteiger partial charge < -0.3 is 10.8 Å². The molecular formula is C5H7BrN2OS. The van der Waals surface area contributed by atoms with Gasteiger partial charge in [-0.25, -0.2) is 4.98 Å². The minimum atomic E-state index is -0.345. The van der Waals surface area contributed by atoms with Crippen LogP contribution in [-0.2, 0) is 0 Å². The Bertz CT molecular complexity index is 215. The monoisotopic (exact) mass is 222 g/mol. The summed E-state index contributed by atoms with van der Waals surface area (Å²) in [6, 6.07) is -0.345. The van der Waals surface area contributed by atoms with Crippen molar-refractivity contribution < 1.29 is 5.11 Å². The van der Waals surface area contributed by atoms with Crippen molar-refractivity contribution in [1.82, 2.24) is 4.98 Å². The van der Waals surface area contributed by atoms with Crippen LogP contribution in [0.15, 0.2) is 9.30 Å². The largest absolute Gasteiger partial charge is 0.394 e. The molecule has 0 aliphatic heterocycles. The third-order valence-corrected chi connectivity index (χ3v) is 2.45. The third kappa shape index (κ3) is 1.76. The fourth-order valence-electron chi connectivity index (χ4n) is 0.527. The van der Waals surface area contributed by atoms with Crippen LogP contribution in [0.25, 0.3) is 0 Å². The molecule has 1 atom stereocenters. The normalized spacial score (nSPS) is 13.5. The molecule has 0 aliphatic rings. The molecule has 0 saturated heterocycles. The lowest BCUT2D eigenvalue weighted by Gasteiger charge is -2.01. The molecule has 0 bridgehead atoms. The lowest BCUT2D eigenvalue weighted by atomic mass is 10.3. The van der Waals surface area contributed by atoms with Crippen LogP contribution in [0, 0.1) is 0 Å². The molecule has 0 spiro atoms. The van der Waals surface area contributed by atoms with E-state index >= 15 is 0 Å². The van der Waals surface area contributed by atoms with E-state index in [0.717, 1.165) is 9.61 Å². The van der Waals surface area contributed by atoms with Crippen LogP contribution in [0.5, 0.6) is 0 Å². The highest BCUT2D eigenvalue weighted by Gasteiger charge is 2.06. The summed E-state index contributed by atoms with van der Waals surface area (Å²) in [5, 5.41) is 10.4. The van der Waals surface area contributed by atoms with Crippen molar-refractivity contribution in [2.75, 3.05) is 6.61 Å². The Morgan fingerprint density at radius 3 is 3.00 bits per heavy atom. The first kappa shape index (κ1) is 8.13. The second kappa shape index (κ2) is 3.43. The maximum Gasteiger partial charge on any atom is 0.159 e. The average molecular weight is 223 g/mol. The highest BCUT2D eigenvalue weighted by molar-refractivity contribution is 9.11. The summed E-state index contributed by atoms with van der Waals surface area (Å²) in [5.74, 6) is 0. The third-order valence-electron chi connectivity index (χ3n) is 1.07. The number of aliphatic hydroxyl groups is 1. The first-order valence-corrected chi connectivity index (χ1v) is 4.38. The summed E-state index contributed by atoms with van der Waals surface area (Å²) < 4.78 is 0.798. The summed E-state index contributed by atoms with van der Waals surface area (Å²) in [4.78, 5) is 4.03. The Morgan fingerprint density at radius 2 is 2.60 bits per heavy atom. The average Bonchev–Trinajstić information content (AvgIpc) is 2.34.